The second kappa shape index (κ2) is 8.22. The molecule has 7 heteroatoms. The first-order chi connectivity index (χ1) is 11.6. The van der Waals surface area contributed by atoms with E-state index in [1.807, 2.05) is 6.07 Å². The Morgan fingerprint density at radius 2 is 2.12 bits per heavy atom. The zero-order chi connectivity index (χ0) is 17.5. The lowest BCUT2D eigenvalue weighted by Gasteiger charge is -2.11. The second-order valence-corrected chi connectivity index (χ2v) is 5.29. The van der Waals surface area contributed by atoms with E-state index in [0.717, 1.165) is 12.8 Å². The number of hydrogen-bond acceptors (Lipinski definition) is 6. The number of nitrogens with one attached hydrogen (secondary N) is 1. The molecule has 0 aliphatic carbocycles. The Bertz CT molecular complexity index is 647. The van der Waals surface area contributed by atoms with Gasteiger partial charge < -0.3 is 24.6 Å². The molecular formula is C17H20N2O5. The number of rotatable bonds is 6. The number of phenolic OH excluding ortho intramolecular Hbond substituents is 1. The van der Waals surface area contributed by atoms with Crippen LogP contribution in [0.3, 0.4) is 0 Å². The molecule has 1 aromatic carbocycles. The number of methoxy groups -OCH3 is 2. The van der Waals surface area contributed by atoms with Crippen LogP contribution in [0.4, 0.5) is 0 Å². The average Bonchev–Trinajstić information content (AvgIpc) is 3.12. The highest BCUT2D eigenvalue weighted by Crippen LogP contribution is 2.37. The van der Waals surface area contributed by atoms with Gasteiger partial charge in [-0.05, 0) is 36.6 Å². The van der Waals surface area contributed by atoms with Crippen molar-refractivity contribution in [3.05, 3.63) is 23.3 Å². The molecule has 1 atom stereocenters. The summed E-state index contributed by atoms with van der Waals surface area (Å²) in [5, 5.41) is 21.8. The van der Waals surface area contributed by atoms with E-state index < -0.39 is 5.91 Å². The molecular weight excluding hydrogens is 312 g/mol. The average molecular weight is 332 g/mol. The summed E-state index contributed by atoms with van der Waals surface area (Å²) in [6.45, 7) is 1.08. The third-order valence-electron chi connectivity index (χ3n) is 3.69. The molecule has 2 N–H and O–H groups in total. The Hall–Kier alpha value is -2.72. The van der Waals surface area contributed by atoms with E-state index in [9.17, 15) is 15.2 Å². The van der Waals surface area contributed by atoms with Gasteiger partial charge in [-0.25, -0.2) is 0 Å². The number of hydrogen-bond donors (Lipinski definition) is 2. The van der Waals surface area contributed by atoms with Gasteiger partial charge in [-0.3, -0.25) is 4.79 Å². The van der Waals surface area contributed by atoms with Gasteiger partial charge in [-0.1, -0.05) is 0 Å². The van der Waals surface area contributed by atoms with E-state index in [-0.39, 0.29) is 28.9 Å². The lowest BCUT2D eigenvalue weighted by Crippen LogP contribution is -2.32. The molecule has 2 rings (SSSR count). The summed E-state index contributed by atoms with van der Waals surface area (Å²) in [5.74, 6) is -0.229. The molecule has 0 radical (unpaired) electrons. The van der Waals surface area contributed by atoms with Crippen LogP contribution in [0.5, 0.6) is 17.2 Å². The van der Waals surface area contributed by atoms with E-state index in [0.29, 0.717) is 18.7 Å². The van der Waals surface area contributed by atoms with Crippen LogP contribution in [0.15, 0.2) is 17.7 Å². The van der Waals surface area contributed by atoms with Crippen LogP contribution in [0.25, 0.3) is 6.08 Å². The van der Waals surface area contributed by atoms with Crippen LogP contribution in [-0.2, 0) is 9.53 Å². The number of amides is 1. The Labute approximate surface area is 140 Å². The van der Waals surface area contributed by atoms with Gasteiger partial charge in [0, 0.05) is 13.2 Å². The van der Waals surface area contributed by atoms with Gasteiger partial charge in [0.15, 0.2) is 11.5 Å². The van der Waals surface area contributed by atoms with Gasteiger partial charge in [-0.15, -0.1) is 0 Å². The van der Waals surface area contributed by atoms with E-state index in [4.69, 9.17) is 14.2 Å². The summed E-state index contributed by atoms with van der Waals surface area (Å²) < 4.78 is 15.5. The SMILES string of the molecule is COc1cc(C=C(C#N)C(=O)NCC2CCCO2)cc(OC)c1O. The molecule has 7 nitrogen and oxygen atoms in total. The predicted molar refractivity (Wildman–Crippen MR) is 86.8 cm³/mol. The second-order valence-electron chi connectivity index (χ2n) is 5.29. The molecule has 128 valence electrons. The number of aromatic hydroxyl groups is 1. The van der Waals surface area contributed by atoms with Crippen LogP contribution in [0, 0.1) is 11.3 Å². The molecule has 24 heavy (non-hydrogen) atoms. The van der Waals surface area contributed by atoms with Crippen molar-refractivity contribution in [2.24, 2.45) is 0 Å². The number of benzene rings is 1. The Kier molecular flexibility index (Phi) is 6.04. The summed E-state index contributed by atoms with van der Waals surface area (Å²) in [7, 11) is 2.81. The Balaban J connectivity index is 2.16. The van der Waals surface area contributed by atoms with Gasteiger partial charge in [0.1, 0.15) is 11.6 Å². The number of ether oxygens (including phenoxy) is 3. The molecule has 1 saturated heterocycles. The minimum atomic E-state index is -0.473. The normalized spacial score (nSPS) is 17.2. The molecule has 0 aromatic heterocycles. The fraction of sp³-hybridized carbons (Fsp3) is 0.412. The van der Waals surface area contributed by atoms with Crippen molar-refractivity contribution in [2.75, 3.05) is 27.4 Å². The van der Waals surface area contributed by atoms with Crippen molar-refractivity contribution in [3.63, 3.8) is 0 Å². The molecule has 1 heterocycles. The molecule has 1 unspecified atom stereocenters. The monoisotopic (exact) mass is 332 g/mol. The molecule has 1 aliphatic heterocycles. The van der Waals surface area contributed by atoms with Crippen molar-refractivity contribution in [3.8, 4) is 23.3 Å². The largest absolute Gasteiger partial charge is 0.502 e. The lowest BCUT2D eigenvalue weighted by molar-refractivity contribution is -0.117. The topological polar surface area (TPSA) is 101 Å². The fourth-order valence-electron chi connectivity index (χ4n) is 2.42. The number of carbonyl (C=O) groups excluding carboxylic acids is 1. The fourth-order valence-corrected chi connectivity index (χ4v) is 2.42. The smallest absolute Gasteiger partial charge is 0.262 e. The standard InChI is InChI=1S/C17H20N2O5/c1-22-14-7-11(8-15(23-2)16(14)20)6-12(9-18)17(21)19-10-13-4-3-5-24-13/h6-8,13,20H,3-5,10H2,1-2H3,(H,19,21). The highest BCUT2D eigenvalue weighted by atomic mass is 16.5. The third-order valence-corrected chi connectivity index (χ3v) is 3.69. The van der Waals surface area contributed by atoms with Crippen LogP contribution < -0.4 is 14.8 Å². The van der Waals surface area contributed by atoms with Crippen molar-refractivity contribution >= 4 is 12.0 Å². The first-order valence-corrected chi connectivity index (χ1v) is 7.55. The van der Waals surface area contributed by atoms with Gasteiger partial charge in [0.25, 0.3) is 5.91 Å². The molecule has 0 saturated carbocycles. The van der Waals surface area contributed by atoms with Crippen molar-refractivity contribution in [2.45, 2.75) is 18.9 Å². The number of nitrogens with zero attached hydrogens (tertiary/aromatic N) is 1. The zero-order valence-corrected chi connectivity index (χ0v) is 13.7. The van der Waals surface area contributed by atoms with Crippen LogP contribution in [0.2, 0.25) is 0 Å². The zero-order valence-electron chi connectivity index (χ0n) is 13.7. The van der Waals surface area contributed by atoms with Crippen LogP contribution >= 0.6 is 0 Å². The summed E-state index contributed by atoms with van der Waals surface area (Å²) in [6.07, 6.45) is 3.30. The first-order valence-electron chi connectivity index (χ1n) is 7.55. The maximum Gasteiger partial charge on any atom is 0.262 e. The van der Waals surface area contributed by atoms with Gasteiger partial charge in [-0.2, -0.15) is 5.26 Å². The molecule has 1 amide bonds. The summed E-state index contributed by atoms with van der Waals surface area (Å²) in [4.78, 5) is 12.1. The predicted octanol–water partition coefficient (Wildman–Crippen LogP) is 1.61. The van der Waals surface area contributed by atoms with E-state index in [2.05, 4.69) is 5.32 Å². The van der Waals surface area contributed by atoms with Crippen LogP contribution in [-0.4, -0.2) is 44.5 Å². The van der Waals surface area contributed by atoms with Crippen molar-refractivity contribution in [1.82, 2.24) is 5.32 Å². The minimum absolute atomic E-state index is 0.00255. The Morgan fingerprint density at radius 1 is 1.46 bits per heavy atom. The van der Waals surface area contributed by atoms with Gasteiger partial charge in [0.2, 0.25) is 5.75 Å². The summed E-state index contributed by atoms with van der Waals surface area (Å²) in [5.41, 5.74) is 0.452. The molecule has 0 spiro atoms. The van der Waals surface area contributed by atoms with E-state index in [1.54, 1.807) is 0 Å². The molecule has 0 bridgehead atoms. The molecule has 1 aliphatic rings. The number of phenols is 1. The van der Waals surface area contributed by atoms with E-state index in [1.165, 1.54) is 32.4 Å². The maximum absolute atomic E-state index is 12.1. The van der Waals surface area contributed by atoms with Crippen molar-refractivity contribution in [1.29, 1.82) is 5.26 Å². The molecule has 1 fully saturated rings. The highest BCUT2D eigenvalue weighted by molar-refractivity contribution is 6.01. The number of nitriles is 1. The summed E-state index contributed by atoms with van der Waals surface area (Å²) in [6, 6.07) is 4.91. The lowest BCUT2D eigenvalue weighted by atomic mass is 10.1. The summed E-state index contributed by atoms with van der Waals surface area (Å²) >= 11 is 0. The van der Waals surface area contributed by atoms with Gasteiger partial charge in [0.05, 0.1) is 20.3 Å². The van der Waals surface area contributed by atoms with E-state index >= 15 is 0 Å². The van der Waals surface area contributed by atoms with Gasteiger partial charge >= 0.3 is 0 Å². The minimum Gasteiger partial charge on any atom is -0.502 e. The van der Waals surface area contributed by atoms with Crippen molar-refractivity contribution < 1.29 is 24.1 Å². The quantitative estimate of drug-likeness (QED) is 0.606. The highest BCUT2D eigenvalue weighted by Gasteiger charge is 2.18. The molecule has 1 aromatic rings. The van der Waals surface area contributed by atoms with Crippen LogP contribution in [0.1, 0.15) is 18.4 Å². The first kappa shape index (κ1) is 17.6. The maximum atomic E-state index is 12.1. The number of carbonyl (C=O) groups is 1. The third kappa shape index (κ3) is 4.18. The Morgan fingerprint density at radius 3 is 2.62 bits per heavy atom.